The van der Waals surface area contributed by atoms with Crippen LogP contribution in [0.15, 0.2) is 12.4 Å². The van der Waals surface area contributed by atoms with Gasteiger partial charge in [0.2, 0.25) is 0 Å². The molecule has 0 bridgehead atoms. The van der Waals surface area contributed by atoms with Crippen LogP contribution < -0.4 is 11.1 Å². The summed E-state index contributed by atoms with van der Waals surface area (Å²) in [6.07, 6.45) is 8.63. The van der Waals surface area contributed by atoms with E-state index < -0.39 is 0 Å². The minimum atomic E-state index is -0.174. The molecular formula is C11H16N4O. The Labute approximate surface area is 94.5 Å². The molecule has 0 aliphatic heterocycles. The van der Waals surface area contributed by atoms with Crippen LogP contribution in [0, 0.1) is 0 Å². The van der Waals surface area contributed by atoms with Gasteiger partial charge in [-0.1, -0.05) is 19.3 Å². The average Bonchev–Trinajstić information content (AvgIpc) is 2.30. The maximum atomic E-state index is 11.8. The van der Waals surface area contributed by atoms with Crippen molar-refractivity contribution in [1.82, 2.24) is 15.3 Å². The highest BCUT2D eigenvalue weighted by molar-refractivity contribution is 5.92. The number of nitrogens with zero attached hydrogens (tertiary/aromatic N) is 2. The predicted molar refractivity (Wildman–Crippen MR) is 60.8 cm³/mol. The van der Waals surface area contributed by atoms with Gasteiger partial charge in [0.1, 0.15) is 11.5 Å². The Morgan fingerprint density at radius 2 is 2.06 bits per heavy atom. The maximum absolute atomic E-state index is 11.8. The van der Waals surface area contributed by atoms with Crippen molar-refractivity contribution >= 4 is 11.7 Å². The molecule has 16 heavy (non-hydrogen) atoms. The SMILES string of the molecule is Nc1cncc(C(=O)NC2CCCCC2)n1. The van der Waals surface area contributed by atoms with E-state index in [2.05, 4.69) is 15.3 Å². The summed E-state index contributed by atoms with van der Waals surface area (Å²) in [5, 5.41) is 2.97. The largest absolute Gasteiger partial charge is 0.382 e. The topological polar surface area (TPSA) is 80.9 Å². The first-order valence-electron chi connectivity index (χ1n) is 5.64. The van der Waals surface area contributed by atoms with Crippen LogP contribution in [0.25, 0.3) is 0 Å². The molecule has 0 radical (unpaired) electrons. The van der Waals surface area contributed by atoms with Crippen LogP contribution in [0.1, 0.15) is 42.6 Å². The zero-order valence-electron chi connectivity index (χ0n) is 9.15. The van der Waals surface area contributed by atoms with Crippen LogP contribution >= 0.6 is 0 Å². The highest BCUT2D eigenvalue weighted by Crippen LogP contribution is 2.17. The van der Waals surface area contributed by atoms with Gasteiger partial charge in [0.25, 0.3) is 5.91 Å². The predicted octanol–water partition coefficient (Wildman–Crippen LogP) is 1.12. The van der Waals surface area contributed by atoms with Crippen molar-refractivity contribution in [2.24, 2.45) is 0 Å². The van der Waals surface area contributed by atoms with Gasteiger partial charge in [-0.05, 0) is 12.8 Å². The van der Waals surface area contributed by atoms with Gasteiger partial charge in [-0.15, -0.1) is 0 Å². The summed E-state index contributed by atoms with van der Waals surface area (Å²) in [5.74, 6) is 0.1000. The minimum absolute atomic E-state index is 0.174. The van der Waals surface area contributed by atoms with Crippen LogP contribution in [0.5, 0.6) is 0 Å². The van der Waals surface area contributed by atoms with Gasteiger partial charge < -0.3 is 11.1 Å². The van der Waals surface area contributed by atoms with Crippen molar-refractivity contribution in [3.05, 3.63) is 18.1 Å². The Kier molecular flexibility index (Phi) is 3.34. The van der Waals surface area contributed by atoms with Crippen molar-refractivity contribution in [1.29, 1.82) is 0 Å². The molecule has 1 fully saturated rings. The van der Waals surface area contributed by atoms with Crippen molar-refractivity contribution in [3.8, 4) is 0 Å². The molecule has 1 aromatic heterocycles. The standard InChI is InChI=1S/C11H16N4O/c12-10-7-13-6-9(15-10)11(16)14-8-4-2-1-3-5-8/h6-8H,1-5H2,(H2,12,15)(H,14,16). The first kappa shape index (κ1) is 10.9. The van der Waals surface area contributed by atoms with Gasteiger partial charge in [0.05, 0.1) is 12.4 Å². The van der Waals surface area contributed by atoms with E-state index in [1.165, 1.54) is 31.7 Å². The zero-order chi connectivity index (χ0) is 11.4. The van der Waals surface area contributed by atoms with E-state index in [-0.39, 0.29) is 17.8 Å². The number of aromatic nitrogens is 2. The molecule has 5 nitrogen and oxygen atoms in total. The lowest BCUT2D eigenvalue weighted by Crippen LogP contribution is -2.36. The van der Waals surface area contributed by atoms with Crippen LogP contribution in [0.4, 0.5) is 5.82 Å². The second-order valence-corrected chi connectivity index (χ2v) is 4.14. The number of carbonyl (C=O) groups excluding carboxylic acids is 1. The third-order valence-electron chi connectivity index (χ3n) is 2.83. The van der Waals surface area contributed by atoms with E-state index in [0.29, 0.717) is 5.69 Å². The van der Waals surface area contributed by atoms with Crippen molar-refractivity contribution in [2.45, 2.75) is 38.1 Å². The summed E-state index contributed by atoms with van der Waals surface area (Å²) in [6.45, 7) is 0. The summed E-state index contributed by atoms with van der Waals surface area (Å²) in [6, 6.07) is 0.282. The molecule has 1 amide bonds. The van der Waals surface area contributed by atoms with Crippen LogP contribution in [-0.2, 0) is 0 Å². The number of nitrogens with one attached hydrogen (secondary N) is 1. The number of anilines is 1. The van der Waals surface area contributed by atoms with E-state index in [0.717, 1.165) is 12.8 Å². The molecule has 3 N–H and O–H groups in total. The van der Waals surface area contributed by atoms with E-state index in [4.69, 9.17) is 5.73 Å². The maximum Gasteiger partial charge on any atom is 0.271 e. The Bertz CT molecular complexity index is 374. The molecule has 5 heteroatoms. The summed E-state index contributed by atoms with van der Waals surface area (Å²) in [4.78, 5) is 19.6. The number of amides is 1. The summed E-state index contributed by atoms with van der Waals surface area (Å²) < 4.78 is 0. The summed E-state index contributed by atoms with van der Waals surface area (Å²) in [7, 11) is 0. The fourth-order valence-corrected chi connectivity index (χ4v) is 2.00. The molecule has 0 saturated heterocycles. The van der Waals surface area contributed by atoms with Gasteiger partial charge >= 0.3 is 0 Å². The number of hydrogen-bond donors (Lipinski definition) is 2. The molecule has 2 rings (SSSR count). The highest BCUT2D eigenvalue weighted by Gasteiger charge is 2.17. The monoisotopic (exact) mass is 220 g/mol. The fraction of sp³-hybridized carbons (Fsp3) is 0.545. The average molecular weight is 220 g/mol. The minimum Gasteiger partial charge on any atom is -0.382 e. The molecule has 1 heterocycles. The van der Waals surface area contributed by atoms with Gasteiger partial charge in [-0.2, -0.15) is 0 Å². The second-order valence-electron chi connectivity index (χ2n) is 4.14. The van der Waals surface area contributed by atoms with Crippen LogP contribution in [-0.4, -0.2) is 21.9 Å². The summed E-state index contributed by atoms with van der Waals surface area (Å²) in [5.41, 5.74) is 5.77. The molecule has 0 atom stereocenters. The Hall–Kier alpha value is -1.65. The number of carbonyl (C=O) groups is 1. The Morgan fingerprint density at radius 3 is 2.75 bits per heavy atom. The number of nitrogen functional groups attached to an aromatic ring is 1. The van der Waals surface area contributed by atoms with E-state index >= 15 is 0 Å². The zero-order valence-corrected chi connectivity index (χ0v) is 9.15. The highest BCUT2D eigenvalue weighted by atomic mass is 16.1. The first-order chi connectivity index (χ1) is 7.75. The number of hydrogen-bond acceptors (Lipinski definition) is 4. The molecule has 1 aliphatic carbocycles. The molecule has 1 aliphatic rings. The second kappa shape index (κ2) is 4.92. The van der Waals surface area contributed by atoms with Gasteiger partial charge in [0, 0.05) is 6.04 Å². The van der Waals surface area contributed by atoms with E-state index in [1.54, 1.807) is 0 Å². The lowest BCUT2D eigenvalue weighted by atomic mass is 9.95. The van der Waals surface area contributed by atoms with Gasteiger partial charge in [0.15, 0.2) is 0 Å². The Morgan fingerprint density at radius 1 is 1.31 bits per heavy atom. The number of nitrogens with two attached hydrogens (primary N) is 1. The molecule has 86 valence electrons. The van der Waals surface area contributed by atoms with Gasteiger partial charge in [-0.3, -0.25) is 9.78 Å². The van der Waals surface area contributed by atoms with E-state index in [9.17, 15) is 4.79 Å². The Balaban J connectivity index is 1.97. The van der Waals surface area contributed by atoms with Crippen LogP contribution in [0.2, 0.25) is 0 Å². The third kappa shape index (κ3) is 2.68. The smallest absolute Gasteiger partial charge is 0.271 e. The summed E-state index contributed by atoms with van der Waals surface area (Å²) >= 11 is 0. The van der Waals surface area contributed by atoms with E-state index in [1.807, 2.05) is 0 Å². The van der Waals surface area contributed by atoms with Gasteiger partial charge in [-0.25, -0.2) is 4.98 Å². The normalized spacial score (nSPS) is 17.0. The molecular weight excluding hydrogens is 204 g/mol. The lowest BCUT2D eigenvalue weighted by molar-refractivity contribution is 0.0922. The first-order valence-corrected chi connectivity index (χ1v) is 5.64. The van der Waals surface area contributed by atoms with Crippen molar-refractivity contribution < 1.29 is 4.79 Å². The lowest BCUT2D eigenvalue weighted by Gasteiger charge is -2.22. The fourth-order valence-electron chi connectivity index (χ4n) is 2.00. The molecule has 0 spiro atoms. The molecule has 1 saturated carbocycles. The van der Waals surface area contributed by atoms with Crippen molar-refractivity contribution in [3.63, 3.8) is 0 Å². The number of rotatable bonds is 2. The third-order valence-corrected chi connectivity index (χ3v) is 2.83. The van der Waals surface area contributed by atoms with Crippen LogP contribution in [0.3, 0.4) is 0 Å². The quantitative estimate of drug-likeness (QED) is 0.782. The molecule has 1 aromatic rings. The molecule has 0 unspecified atom stereocenters. The van der Waals surface area contributed by atoms with Crippen molar-refractivity contribution in [2.75, 3.05) is 5.73 Å². The molecule has 0 aromatic carbocycles.